The quantitative estimate of drug-likeness (QED) is 0.705. The summed E-state index contributed by atoms with van der Waals surface area (Å²) < 4.78 is 6.64. The van der Waals surface area contributed by atoms with Crippen LogP contribution in [0.15, 0.2) is 28.7 Å². The Balaban J connectivity index is 1.49. The smallest absolute Gasteiger partial charge is 0.315 e. The Morgan fingerprint density at radius 2 is 2.15 bits per heavy atom. The number of aromatic nitrogens is 3. The molecule has 0 radical (unpaired) electrons. The summed E-state index contributed by atoms with van der Waals surface area (Å²) in [6, 6.07) is 8.74. The van der Waals surface area contributed by atoms with E-state index < -0.39 is 0 Å². The van der Waals surface area contributed by atoms with Gasteiger partial charge in [0.2, 0.25) is 5.89 Å². The number of nitrogens with zero attached hydrogens (tertiary/aromatic N) is 3. The molecule has 2 heterocycles. The van der Waals surface area contributed by atoms with Crippen LogP contribution in [0.2, 0.25) is 0 Å². The Morgan fingerprint density at radius 3 is 2.95 bits per heavy atom. The molecule has 0 saturated carbocycles. The zero-order valence-electron chi connectivity index (χ0n) is 11.3. The molecule has 104 valence electrons. The Morgan fingerprint density at radius 1 is 1.25 bits per heavy atom. The lowest BCUT2D eigenvalue weighted by Gasteiger charge is -1.99. The Kier molecular flexibility index (Phi) is 3.92. The summed E-state index contributed by atoms with van der Waals surface area (Å²) in [5, 5.41) is 12.2. The fourth-order valence-electron chi connectivity index (χ4n) is 1.93. The molecule has 20 heavy (non-hydrogen) atoms. The summed E-state index contributed by atoms with van der Waals surface area (Å²) in [6.45, 7) is 2.80. The van der Waals surface area contributed by atoms with Crippen LogP contribution in [0, 0.1) is 0 Å². The summed E-state index contributed by atoms with van der Waals surface area (Å²) >= 11 is 1.76. The number of para-hydroxylation sites is 1. The summed E-state index contributed by atoms with van der Waals surface area (Å²) in [5.41, 5.74) is 1.09. The van der Waals surface area contributed by atoms with Crippen molar-refractivity contribution in [3.05, 3.63) is 35.2 Å². The van der Waals surface area contributed by atoms with Crippen LogP contribution in [0.4, 0.5) is 6.01 Å². The lowest BCUT2D eigenvalue weighted by Crippen LogP contribution is -2.03. The maximum Gasteiger partial charge on any atom is 0.315 e. The van der Waals surface area contributed by atoms with Crippen LogP contribution in [0.3, 0.4) is 0 Å². The number of hydrogen-bond donors (Lipinski definition) is 1. The van der Waals surface area contributed by atoms with E-state index in [4.69, 9.17) is 4.42 Å². The fraction of sp³-hybridized carbons (Fsp3) is 0.357. The van der Waals surface area contributed by atoms with Gasteiger partial charge in [0.05, 0.1) is 15.2 Å². The van der Waals surface area contributed by atoms with Gasteiger partial charge in [-0.15, -0.1) is 16.4 Å². The van der Waals surface area contributed by atoms with Crippen molar-refractivity contribution in [3.63, 3.8) is 0 Å². The molecule has 0 aliphatic rings. The largest absolute Gasteiger partial charge is 0.408 e. The predicted octanol–water partition coefficient (Wildman–Crippen LogP) is 3.29. The summed E-state index contributed by atoms with van der Waals surface area (Å²) in [5.74, 6) is 0.665. The van der Waals surface area contributed by atoms with Crippen molar-refractivity contribution in [3.8, 4) is 0 Å². The first-order valence-electron chi connectivity index (χ1n) is 6.76. The van der Waals surface area contributed by atoms with Gasteiger partial charge in [0, 0.05) is 19.4 Å². The van der Waals surface area contributed by atoms with E-state index in [0.29, 0.717) is 11.9 Å². The van der Waals surface area contributed by atoms with E-state index in [-0.39, 0.29) is 0 Å². The van der Waals surface area contributed by atoms with Crippen LogP contribution in [-0.4, -0.2) is 21.7 Å². The molecule has 3 rings (SSSR count). The third kappa shape index (κ3) is 2.96. The van der Waals surface area contributed by atoms with E-state index in [1.807, 2.05) is 19.1 Å². The standard InChI is InChI=1S/C14H16N4OS/c1-2-12-17-18-14(19-12)15-9-5-8-13-16-10-6-3-4-7-11(10)20-13/h3-4,6-7H,2,5,8-9H2,1H3,(H,15,18). The molecule has 0 atom stereocenters. The van der Waals surface area contributed by atoms with Gasteiger partial charge in [-0.05, 0) is 18.6 Å². The third-order valence-electron chi connectivity index (χ3n) is 2.95. The molecule has 5 nitrogen and oxygen atoms in total. The lowest BCUT2D eigenvalue weighted by molar-refractivity contribution is 0.511. The van der Waals surface area contributed by atoms with Gasteiger partial charge in [-0.1, -0.05) is 24.2 Å². The van der Waals surface area contributed by atoms with Gasteiger partial charge in [0.1, 0.15) is 0 Å². The SMILES string of the molecule is CCc1nnc(NCCCc2nc3ccccc3s2)o1. The minimum atomic E-state index is 0.506. The van der Waals surface area contributed by atoms with Crippen molar-refractivity contribution >= 4 is 27.6 Å². The number of hydrogen-bond acceptors (Lipinski definition) is 6. The predicted molar refractivity (Wildman–Crippen MR) is 80.1 cm³/mol. The van der Waals surface area contributed by atoms with Crippen LogP contribution < -0.4 is 5.32 Å². The second kappa shape index (κ2) is 6.00. The lowest BCUT2D eigenvalue weighted by atomic mass is 10.3. The van der Waals surface area contributed by atoms with Gasteiger partial charge in [-0.3, -0.25) is 0 Å². The van der Waals surface area contributed by atoms with Crippen LogP contribution in [0.5, 0.6) is 0 Å². The van der Waals surface area contributed by atoms with E-state index >= 15 is 0 Å². The zero-order chi connectivity index (χ0) is 13.8. The molecule has 3 aromatic rings. The molecule has 1 aromatic carbocycles. The maximum absolute atomic E-state index is 5.39. The van der Waals surface area contributed by atoms with Gasteiger partial charge in [0.15, 0.2) is 0 Å². The van der Waals surface area contributed by atoms with Crippen LogP contribution in [-0.2, 0) is 12.8 Å². The second-order valence-electron chi connectivity index (χ2n) is 4.46. The van der Waals surface area contributed by atoms with Crippen molar-refractivity contribution in [1.29, 1.82) is 0 Å². The van der Waals surface area contributed by atoms with E-state index in [2.05, 4.69) is 32.6 Å². The number of thiazole rings is 1. The summed E-state index contributed by atoms with van der Waals surface area (Å²) in [7, 11) is 0. The first kappa shape index (κ1) is 13.1. The zero-order valence-corrected chi connectivity index (χ0v) is 12.1. The normalized spacial score (nSPS) is 11.1. The summed E-state index contributed by atoms with van der Waals surface area (Å²) in [6.07, 6.45) is 2.71. The number of benzene rings is 1. The van der Waals surface area contributed by atoms with Crippen LogP contribution in [0.25, 0.3) is 10.2 Å². The fourth-order valence-corrected chi connectivity index (χ4v) is 2.94. The number of rotatable bonds is 6. The highest BCUT2D eigenvalue weighted by Crippen LogP contribution is 2.22. The molecular weight excluding hydrogens is 272 g/mol. The van der Waals surface area contributed by atoms with Crippen molar-refractivity contribution in [2.75, 3.05) is 11.9 Å². The highest BCUT2D eigenvalue weighted by atomic mass is 32.1. The number of aryl methyl sites for hydroxylation is 2. The first-order valence-corrected chi connectivity index (χ1v) is 7.57. The highest BCUT2D eigenvalue weighted by Gasteiger charge is 2.05. The minimum absolute atomic E-state index is 0.506. The molecule has 0 amide bonds. The minimum Gasteiger partial charge on any atom is -0.408 e. The second-order valence-corrected chi connectivity index (χ2v) is 5.58. The Bertz CT molecular complexity index is 658. The molecule has 1 N–H and O–H groups in total. The van der Waals surface area contributed by atoms with Gasteiger partial charge < -0.3 is 9.73 Å². The van der Waals surface area contributed by atoms with E-state index in [1.54, 1.807) is 11.3 Å². The first-order chi connectivity index (χ1) is 9.85. The van der Waals surface area contributed by atoms with Crippen LogP contribution >= 0.6 is 11.3 Å². The average Bonchev–Trinajstić information content (AvgIpc) is 3.09. The van der Waals surface area contributed by atoms with E-state index in [9.17, 15) is 0 Å². The highest BCUT2D eigenvalue weighted by molar-refractivity contribution is 7.18. The number of nitrogens with one attached hydrogen (secondary N) is 1. The topological polar surface area (TPSA) is 63.8 Å². The molecule has 2 aromatic heterocycles. The molecule has 0 unspecified atom stereocenters. The van der Waals surface area contributed by atoms with Gasteiger partial charge in [-0.25, -0.2) is 4.98 Å². The number of fused-ring (bicyclic) bond motifs is 1. The molecule has 0 fully saturated rings. The van der Waals surface area contributed by atoms with Gasteiger partial charge in [-0.2, -0.15) is 0 Å². The van der Waals surface area contributed by atoms with Gasteiger partial charge in [0.25, 0.3) is 0 Å². The Labute approximate surface area is 121 Å². The third-order valence-corrected chi connectivity index (χ3v) is 4.05. The van der Waals surface area contributed by atoms with Gasteiger partial charge >= 0.3 is 6.01 Å². The molecular formula is C14H16N4OS. The van der Waals surface area contributed by atoms with Crippen molar-refractivity contribution < 1.29 is 4.42 Å². The van der Waals surface area contributed by atoms with Crippen molar-refractivity contribution in [2.45, 2.75) is 26.2 Å². The van der Waals surface area contributed by atoms with Crippen LogP contribution in [0.1, 0.15) is 24.2 Å². The molecule has 0 aliphatic carbocycles. The summed E-state index contributed by atoms with van der Waals surface area (Å²) in [4.78, 5) is 4.61. The molecule has 0 bridgehead atoms. The van der Waals surface area contributed by atoms with Crippen molar-refractivity contribution in [2.24, 2.45) is 0 Å². The number of anilines is 1. The average molecular weight is 288 g/mol. The van der Waals surface area contributed by atoms with E-state index in [1.165, 1.54) is 9.71 Å². The van der Waals surface area contributed by atoms with E-state index in [0.717, 1.165) is 31.3 Å². The molecule has 6 heteroatoms. The molecule has 0 saturated heterocycles. The van der Waals surface area contributed by atoms with Crippen molar-refractivity contribution in [1.82, 2.24) is 15.2 Å². The molecule has 0 spiro atoms. The maximum atomic E-state index is 5.39. The monoisotopic (exact) mass is 288 g/mol. The molecule has 0 aliphatic heterocycles. The Hall–Kier alpha value is -1.95.